The Labute approximate surface area is 113 Å². The van der Waals surface area contributed by atoms with Gasteiger partial charge in [-0.05, 0) is 11.6 Å². The number of nitrogens with zero attached hydrogens (tertiary/aromatic N) is 3. The van der Waals surface area contributed by atoms with Gasteiger partial charge in [0.05, 0.1) is 12.3 Å². The summed E-state index contributed by atoms with van der Waals surface area (Å²) in [4.78, 5) is 0. The molecule has 0 bridgehead atoms. The fraction of sp³-hybridized carbons (Fsp3) is 0.250. The second-order valence-electron chi connectivity index (χ2n) is 3.86. The summed E-state index contributed by atoms with van der Waals surface area (Å²) < 4.78 is 21.5. The van der Waals surface area contributed by atoms with E-state index >= 15 is 0 Å². The highest BCUT2D eigenvalue weighted by molar-refractivity contribution is 7.54. The van der Waals surface area contributed by atoms with Crippen molar-refractivity contribution in [2.24, 2.45) is 11.4 Å². The zero-order valence-electron chi connectivity index (χ0n) is 10.3. The molecule has 0 spiro atoms. The average Bonchev–Trinajstić information content (AvgIpc) is 2.83. The lowest BCUT2D eigenvalue weighted by Crippen LogP contribution is -2.01. The maximum absolute atomic E-state index is 10.6. The molecular weight excluding hydrogens is 266 g/mol. The third-order valence-corrected chi connectivity index (χ3v) is 2.88. The summed E-state index contributed by atoms with van der Waals surface area (Å²) in [7, 11) is 1.80. The number of hydrogen-bond acceptors (Lipinski definition) is 5. The second kappa shape index (κ2) is 6.26. The Morgan fingerprint density at radius 1 is 1.47 bits per heavy atom. The van der Waals surface area contributed by atoms with Crippen LogP contribution in [0.2, 0.25) is 0 Å². The molecule has 7 heteroatoms. The van der Waals surface area contributed by atoms with Crippen LogP contribution in [0.4, 0.5) is 5.69 Å². The molecule has 0 saturated heterocycles. The topological polar surface area (TPSA) is 76.7 Å². The van der Waals surface area contributed by atoms with Crippen molar-refractivity contribution < 1.29 is 14.1 Å². The van der Waals surface area contributed by atoms with Crippen LogP contribution in [0.1, 0.15) is 11.1 Å². The van der Waals surface area contributed by atoms with Crippen molar-refractivity contribution in [1.29, 1.82) is 0 Å². The molecule has 0 fully saturated rings. The standard InChI is InChI=1S/C12H13N3O3S/c1-15-6-5-12(13-15)18-8-10-9(7-16)3-2-4-11(10)14-19-17/h2-6,16H,7-8H2,1H3. The van der Waals surface area contributed by atoms with Gasteiger partial charge < -0.3 is 9.84 Å². The molecule has 0 saturated carbocycles. The van der Waals surface area contributed by atoms with E-state index in [1.54, 1.807) is 42.2 Å². The number of benzene rings is 1. The monoisotopic (exact) mass is 279 g/mol. The summed E-state index contributed by atoms with van der Waals surface area (Å²) in [6, 6.07) is 6.96. The van der Waals surface area contributed by atoms with Crippen LogP contribution in [0.15, 0.2) is 34.8 Å². The zero-order valence-corrected chi connectivity index (χ0v) is 11.1. The first-order chi connectivity index (χ1) is 9.24. The van der Waals surface area contributed by atoms with E-state index in [4.69, 9.17) is 4.74 Å². The summed E-state index contributed by atoms with van der Waals surface area (Å²) in [6.45, 7) is 0.0704. The van der Waals surface area contributed by atoms with Gasteiger partial charge in [0.25, 0.3) is 0 Å². The first kappa shape index (κ1) is 13.4. The lowest BCUT2D eigenvalue weighted by molar-refractivity contribution is 0.265. The summed E-state index contributed by atoms with van der Waals surface area (Å²) >= 11 is 0.132. The average molecular weight is 279 g/mol. The Bertz CT molecular complexity index is 620. The van der Waals surface area contributed by atoms with Gasteiger partial charge in [-0.1, -0.05) is 12.1 Å². The molecule has 19 heavy (non-hydrogen) atoms. The van der Waals surface area contributed by atoms with E-state index in [0.717, 1.165) is 0 Å². The number of rotatable bonds is 5. The highest BCUT2D eigenvalue weighted by atomic mass is 32.1. The minimum Gasteiger partial charge on any atom is -0.472 e. The van der Waals surface area contributed by atoms with Crippen LogP contribution in [0.3, 0.4) is 0 Å². The van der Waals surface area contributed by atoms with Gasteiger partial charge in [-0.15, -0.1) is 5.10 Å². The van der Waals surface area contributed by atoms with E-state index in [2.05, 4.69) is 9.46 Å². The Morgan fingerprint density at radius 2 is 2.32 bits per heavy atom. The van der Waals surface area contributed by atoms with E-state index in [0.29, 0.717) is 22.7 Å². The van der Waals surface area contributed by atoms with E-state index < -0.39 is 0 Å². The fourth-order valence-electron chi connectivity index (χ4n) is 1.68. The number of hydrogen-bond donors (Lipinski definition) is 1. The third-order valence-electron chi connectivity index (χ3n) is 2.61. The molecule has 1 N–H and O–H groups in total. The first-order valence-electron chi connectivity index (χ1n) is 5.58. The van der Waals surface area contributed by atoms with Crippen molar-refractivity contribution in [1.82, 2.24) is 9.78 Å². The van der Waals surface area contributed by atoms with E-state index in [1.165, 1.54) is 0 Å². The second-order valence-corrected chi connectivity index (χ2v) is 4.19. The molecule has 0 amide bonds. The van der Waals surface area contributed by atoms with Crippen LogP contribution in [0.5, 0.6) is 5.88 Å². The van der Waals surface area contributed by atoms with Gasteiger partial charge >= 0.3 is 0 Å². The van der Waals surface area contributed by atoms with Crippen molar-refractivity contribution in [2.75, 3.05) is 0 Å². The summed E-state index contributed by atoms with van der Waals surface area (Å²) in [5.41, 5.74) is 1.90. The van der Waals surface area contributed by atoms with Crippen molar-refractivity contribution in [3.63, 3.8) is 0 Å². The molecule has 0 aliphatic rings. The summed E-state index contributed by atoms with van der Waals surface area (Å²) in [6.07, 6.45) is 1.77. The highest BCUT2D eigenvalue weighted by Gasteiger charge is 2.09. The molecule has 1 aromatic carbocycles. The molecule has 0 unspecified atom stereocenters. The molecule has 0 atom stereocenters. The fourth-order valence-corrected chi connectivity index (χ4v) is 1.93. The number of ether oxygens (including phenoxy) is 1. The molecule has 1 heterocycles. The Kier molecular flexibility index (Phi) is 4.43. The number of aliphatic hydroxyl groups excluding tert-OH is 1. The largest absolute Gasteiger partial charge is 0.472 e. The number of aliphatic hydroxyl groups is 1. The van der Waals surface area contributed by atoms with E-state index in [1.807, 2.05) is 0 Å². The van der Waals surface area contributed by atoms with Gasteiger partial charge in [0.15, 0.2) is 0 Å². The van der Waals surface area contributed by atoms with Crippen LogP contribution in [-0.4, -0.2) is 19.1 Å². The predicted octanol–water partition coefficient (Wildman–Crippen LogP) is 1.52. The molecule has 0 aliphatic heterocycles. The Morgan fingerprint density at radius 3 is 2.95 bits per heavy atom. The van der Waals surface area contributed by atoms with Crippen LogP contribution in [-0.2, 0) is 31.7 Å². The van der Waals surface area contributed by atoms with Crippen LogP contribution in [0.25, 0.3) is 0 Å². The van der Waals surface area contributed by atoms with Crippen molar-refractivity contribution >= 4 is 17.2 Å². The maximum Gasteiger partial charge on any atom is 0.233 e. The highest BCUT2D eigenvalue weighted by Crippen LogP contribution is 2.24. The molecule has 6 nitrogen and oxygen atoms in total. The van der Waals surface area contributed by atoms with Gasteiger partial charge in [0, 0.05) is 24.9 Å². The van der Waals surface area contributed by atoms with Crippen LogP contribution >= 0.6 is 0 Å². The predicted molar refractivity (Wildman–Crippen MR) is 70.1 cm³/mol. The third kappa shape index (κ3) is 3.27. The summed E-state index contributed by atoms with van der Waals surface area (Å²) in [5.74, 6) is 0.482. The van der Waals surface area contributed by atoms with Gasteiger partial charge in [0.1, 0.15) is 6.61 Å². The van der Waals surface area contributed by atoms with Crippen molar-refractivity contribution in [2.45, 2.75) is 13.2 Å². The summed E-state index contributed by atoms with van der Waals surface area (Å²) in [5, 5.41) is 13.4. The number of aromatic nitrogens is 2. The molecule has 0 radical (unpaired) electrons. The quantitative estimate of drug-likeness (QED) is 0.900. The van der Waals surface area contributed by atoms with E-state index in [9.17, 15) is 9.32 Å². The molecule has 0 aliphatic carbocycles. The SMILES string of the molecule is Cn1ccc(OCc2c(CO)cccc2N=S=O)n1. The molecular formula is C12H13N3O3S. The van der Waals surface area contributed by atoms with Crippen molar-refractivity contribution in [3.05, 3.63) is 41.6 Å². The van der Waals surface area contributed by atoms with Gasteiger partial charge in [-0.3, -0.25) is 4.68 Å². The van der Waals surface area contributed by atoms with Gasteiger partial charge in [0.2, 0.25) is 17.3 Å². The van der Waals surface area contributed by atoms with E-state index in [-0.39, 0.29) is 24.7 Å². The molecule has 2 rings (SSSR count). The maximum atomic E-state index is 10.6. The minimum absolute atomic E-state index is 0.131. The molecule has 2 aromatic rings. The Hall–Kier alpha value is -1.99. The van der Waals surface area contributed by atoms with Crippen LogP contribution in [0, 0.1) is 0 Å². The number of aryl methyl sites for hydroxylation is 1. The van der Waals surface area contributed by atoms with Gasteiger partial charge in [-0.25, -0.2) is 0 Å². The smallest absolute Gasteiger partial charge is 0.233 e. The molecule has 1 aromatic heterocycles. The van der Waals surface area contributed by atoms with Crippen molar-refractivity contribution in [3.8, 4) is 5.88 Å². The van der Waals surface area contributed by atoms with Crippen LogP contribution < -0.4 is 4.74 Å². The molecule has 100 valence electrons. The minimum atomic E-state index is -0.131. The van der Waals surface area contributed by atoms with Gasteiger partial charge in [-0.2, -0.15) is 8.57 Å². The normalized spacial score (nSPS) is 10.2. The Balaban J connectivity index is 2.24. The lowest BCUT2D eigenvalue weighted by atomic mass is 10.1. The first-order valence-corrected chi connectivity index (χ1v) is 6.28. The zero-order chi connectivity index (χ0) is 13.7. The lowest BCUT2D eigenvalue weighted by Gasteiger charge is -2.10.